The average Bonchev–Trinajstić information content (AvgIpc) is 3.82. The molecule has 6 amide bonds. The highest BCUT2D eigenvalue weighted by Crippen LogP contribution is 2.48. The van der Waals surface area contributed by atoms with E-state index >= 15 is 0 Å². The molecule has 19 heteroatoms. The fourth-order valence-electron chi connectivity index (χ4n) is 6.81. The van der Waals surface area contributed by atoms with Gasteiger partial charge in [-0.1, -0.05) is 6.07 Å². The highest BCUT2D eigenvalue weighted by molar-refractivity contribution is 6.23. The summed E-state index contributed by atoms with van der Waals surface area (Å²) in [5.74, 6) is -2.26. The first-order chi connectivity index (χ1) is 27.0. The Kier molecular flexibility index (Phi) is 10.4. The number of nitrogens with two attached hydrogens (primary N) is 1. The maximum Gasteiger partial charge on any atom is 0.273 e. The Hall–Kier alpha value is -6.76. The number of hydrogen-bond donors (Lipinski definition) is 6. The van der Waals surface area contributed by atoms with Crippen LogP contribution in [-0.4, -0.2) is 105 Å². The van der Waals surface area contributed by atoms with Gasteiger partial charge in [0, 0.05) is 32.2 Å². The van der Waals surface area contributed by atoms with Crippen LogP contribution < -0.4 is 37.1 Å². The van der Waals surface area contributed by atoms with E-state index in [0.29, 0.717) is 78.9 Å². The Morgan fingerprint density at radius 3 is 2.52 bits per heavy atom. The van der Waals surface area contributed by atoms with Crippen molar-refractivity contribution in [1.82, 2.24) is 45.8 Å². The summed E-state index contributed by atoms with van der Waals surface area (Å²) in [6, 6.07) is 10.9. The third kappa shape index (κ3) is 7.22. The summed E-state index contributed by atoms with van der Waals surface area (Å²) in [6.45, 7) is 2.43. The lowest BCUT2D eigenvalue weighted by Gasteiger charge is -2.27. The minimum atomic E-state index is -1.01. The number of nitrogens with one attached hydrogen (secondary N) is 5. The lowest BCUT2D eigenvalue weighted by molar-refractivity contribution is -0.136. The van der Waals surface area contributed by atoms with Gasteiger partial charge in [-0.15, -0.1) is 5.10 Å². The molecule has 3 aliphatic rings. The third-order valence-corrected chi connectivity index (χ3v) is 10.0. The molecule has 7 N–H and O–H groups in total. The number of primary amides is 1. The summed E-state index contributed by atoms with van der Waals surface area (Å²) < 4.78 is 7.50. The van der Waals surface area contributed by atoms with Crippen LogP contribution in [0.15, 0.2) is 48.8 Å². The number of imide groups is 2. The molecule has 2 aromatic heterocycles. The standard InChI is InChI=1S/C37H40N12O7/c1-39-33(52)29-25(18-27(45-46-29)37(11-12-37)36(38)55)43-24-6-3-5-22(30(24)56-2)31-42-19-48(47-31)16-15-40-13-4-14-41-20-7-8-21-23(17-20)35(54)49(34(21)53)26-9-10-28(50)44-32(26)51/h3,5-8,17-19,26,40-41H,4,9-16H2,1-2H3,(H2,38,55)(H,39,52)(H,43,45)(H,44,50,51). The Morgan fingerprint density at radius 2 is 1.79 bits per heavy atom. The molecule has 7 rings (SSSR count). The van der Waals surface area contributed by atoms with E-state index in [-0.39, 0.29) is 29.7 Å². The summed E-state index contributed by atoms with van der Waals surface area (Å²) in [5, 5.41) is 27.6. The SMILES string of the molecule is CNC(=O)c1nnc(C2(C(N)=O)CC2)cc1Nc1cccc(-c2ncn(CCNCCCNc3ccc4c(c3)C(=O)N(C3CCC(=O)NC3=O)C4=O)n2)c1OC. The van der Waals surface area contributed by atoms with Crippen molar-refractivity contribution < 1.29 is 33.5 Å². The monoisotopic (exact) mass is 764 g/mol. The maximum absolute atomic E-state index is 13.1. The quantitative estimate of drug-likeness (QED) is 0.0684. The average molecular weight is 765 g/mol. The number of methoxy groups -OCH3 is 1. The number of para-hydroxylation sites is 1. The van der Waals surface area contributed by atoms with Gasteiger partial charge in [0.1, 0.15) is 12.4 Å². The van der Waals surface area contributed by atoms with Gasteiger partial charge in [-0.3, -0.25) is 43.7 Å². The van der Waals surface area contributed by atoms with E-state index in [2.05, 4.69) is 46.9 Å². The zero-order valence-electron chi connectivity index (χ0n) is 30.7. The first-order valence-electron chi connectivity index (χ1n) is 18.1. The van der Waals surface area contributed by atoms with Crippen molar-refractivity contribution in [2.45, 2.75) is 50.1 Å². The van der Waals surface area contributed by atoms with Gasteiger partial charge >= 0.3 is 0 Å². The van der Waals surface area contributed by atoms with Crippen LogP contribution in [0.3, 0.4) is 0 Å². The molecule has 2 aromatic carbocycles. The predicted octanol–water partition coefficient (Wildman–Crippen LogP) is 0.857. The molecule has 2 aliphatic heterocycles. The fraction of sp³-hybridized carbons (Fsp3) is 0.351. The summed E-state index contributed by atoms with van der Waals surface area (Å²) in [7, 11) is 3.00. The predicted molar refractivity (Wildman–Crippen MR) is 200 cm³/mol. The van der Waals surface area contributed by atoms with Crippen molar-refractivity contribution in [1.29, 1.82) is 0 Å². The largest absolute Gasteiger partial charge is 0.494 e. The Balaban J connectivity index is 0.915. The van der Waals surface area contributed by atoms with Gasteiger partial charge in [-0.05, 0) is 68.6 Å². The van der Waals surface area contributed by atoms with E-state index in [1.165, 1.54) is 14.2 Å². The van der Waals surface area contributed by atoms with Gasteiger partial charge in [0.05, 0.1) is 52.8 Å². The smallest absolute Gasteiger partial charge is 0.273 e. The zero-order chi connectivity index (χ0) is 39.6. The molecule has 0 radical (unpaired) electrons. The molecular formula is C37H40N12O7. The van der Waals surface area contributed by atoms with Crippen LogP contribution in [0.5, 0.6) is 5.75 Å². The second kappa shape index (κ2) is 15.5. The van der Waals surface area contributed by atoms with Gasteiger partial charge < -0.3 is 31.7 Å². The highest BCUT2D eigenvalue weighted by Gasteiger charge is 2.52. The first-order valence-corrected chi connectivity index (χ1v) is 18.1. The first kappa shape index (κ1) is 37.6. The van der Waals surface area contributed by atoms with E-state index in [1.807, 2.05) is 6.07 Å². The number of ether oxygens (including phenoxy) is 1. The molecule has 4 aromatic rings. The minimum absolute atomic E-state index is 0.0344. The van der Waals surface area contributed by atoms with Crippen molar-refractivity contribution in [3.05, 3.63) is 71.3 Å². The number of nitrogens with zero attached hydrogens (tertiary/aromatic N) is 6. The van der Waals surface area contributed by atoms with Crippen LogP contribution in [0.2, 0.25) is 0 Å². The highest BCUT2D eigenvalue weighted by atomic mass is 16.5. The fourth-order valence-corrected chi connectivity index (χ4v) is 6.81. The number of benzene rings is 2. The number of hydrogen-bond acceptors (Lipinski definition) is 14. The Labute approximate surface area is 320 Å². The normalized spacial score (nSPS) is 17.0. The summed E-state index contributed by atoms with van der Waals surface area (Å²) in [5.41, 5.74) is 7.75. The third-order valence-electron chi connectivity index (χ3n) is 10.0. The van der Waals surface area contributed by atoms with Gasteiger partial charge in [0.25, 0.3) is 17.7 Å². The molecule has 1 saturated heterocycles. The molecule has 19 nitrogen and oxygen atoms in total. The van der Waals surface area contributed by atoms with Crippen LogP contribution >= 0.6 is 0 Å². The molecule has 1 saturated carbocycles. The molecule has 290 valence electrons. The van der Waals surface area contributed by atoms with Crippen molar-refractivity contribution in [2.24, 2.45) is 5.73 Å². The Morgan fingerprint density at radius 1 is 0.982 bits per heavy atom. The van der Waals surface area contributed by atoms with Crippen LogP contribution in [0.4, 0.5) is 17.1 Å². The number of rotatable bonds is 16. The number of aromatic nitrogens is 5. The number of amides is 6. The van der Waals surface area contributed by atoms with Gasteiger partial charge in [0.15, 0.2) is 17.3 Å². The van der Waals surface area contributed by atoms with E-state index in [1.54, 1.807) is 47.4 Å². The topological polar surface area (TPSA) is 258 Å². The van der Waals surface area contributed by atoms with Crippen LogP contribution in [0.1, 0.15) is 69.0 Å². The summed E-state index contributed by atoms with van der Waals surface area (Å²) >= 11 is 0. The molecule has 0 bridgehead atoms. The molecule has 2 fully saturated rings. The van der Waals surface area contributed by atoms with Crippen molar-refractivity contribution in [2.75, 3.05) is 44.4 Å². The van der Waals surface area contributed by atoms with Gasteiger partial charge in [0.2, 0.25) is 17.7 Å². The molecular weight excluding hydrogens is 724 g/mol. The van der Waals surface area contributed by atoms with E-state index in [4.69, 9.17) is 10.5 Å². The van der Waals surface area contributed by atoms with Gasteiger partial charge in [-0.2, -0.15) is 10.2 Å². The second-order valence-electron chi connectivity index (χ2n) is 13.6. The zero-order valence-corrected chi connectivity index (χ0v) is 30.7. The number of fused-ring (bicyclic) bond motifs is 1. The second-order valence-corrected chi connectivity index (χ2v) is 13.6. The molecule has 1 atom stereocenters. The van der Waals surface area contributed by atoms with E-state index < -0.39 is 46.9 Å². The van der Waals surface area contributed by atoms with Crippen molar-refractivity contribution in [3.8, 4) is 17.1 Å². The minimum Gasteiger partial charge on any atom is -0.494 e. The van der Waals surface area contributed by atoms with Crippen molar-refractivity contribution >= 4 is 52.5 Å². The number of piperidine rings is 1. The van der Waals surface area contributed by atoms with E-state index in [0.717, 1.165) is 11.3 Å². The number of carbonyl (C=O) groups excluding carboxylic acids is 6. The van der Waals surface area contributed by atoms with Crippen LogP contribution in [0, 0.1) is 0 Å². The van der Waals surface area contributed by atoms with E-state index in [9.17, 15) is 28.8 Å². The molecule has 0 spiro atoms. The molecule has 1 aliphatic carbocycles. The number of anilines is 3. The molecule has 1 unspecified atom stereocenters. The van der Waals surface area contributed by atoms with Gasteiger partial charge in [-0.25, -0.2) is 4.98 Å². The Bertz CT molecular complexity index is 2250. The van der Waals surface area contributed by atoms with Crippen LogP contribution in [0.25, 0.3) is 11.4 Å². The number of carbonyl (C=O) groups is 6. The lowest BCUT2D eigenvalue weighted by atomic mass is 10.0. The summed E-state index contributed by atoms with van der Waals surface area (Å²) in [4.78, 5) is 80.2. The lowest BCUT2D eigenvalue weighted by Crippen LogP contribution is -2.54. The maximum atomic E-state index is 13.1. The van der Waals surface area contributed by atoms with Crippen LogP contribution in [-0.2, 0) is 26.3 Å². The summed E-state index contributed by atoms with van der Waals surface area (Å²) in [6.07, 6.45) is 3.65. The molecule has 4 heterocycles. The van der Waals surface area contributed by atoms with Crippen molar-refractivity contribution in [3.63, 3.8) is 0 Å². The molecule has 56 heavy (non-hydrogen) atoms.